The Labute approximate surface area is 82.4 Å². The molecule has 4 heteroatoms. The van der Waals surface area contributed by atoms with E-state index in [0.29, 0.717) is 5.88 Å². The van der Waals surface area contributed by atoms with Gasteiger partial charge in [-0.25, -0.2) is 8.42 Å². The highest BCUT2D eigenvalue weighted by molar-refractivity contribution is 7.90. The summed E-state index contributed by atoms with van der Waals surface area (Å²) in [4.78, 5) is 0. The van der Waals surface area contributed by atoms with E-state index in [4.69, 9.17) is 11.6 Å². The van der Waals surface area contributed by atoms with E-state index in [2.05, 4.69) is 0 Å². The highest BCUT2D eigenvalue weighted by Gasteiger charge is 2.24. The average molecular weight is 217 g/mol. The third kappa shape index (κ3) is 1.71. The number of benzene rings is 1. The van der Waals surface area contributed by atoms with Crippen molar-refractivity contribution in [2.75, 3.05) is 0 Å². The van der Waals surface area contributed by atoms with Gasteiger partial charge in [-0.3, -0.25) is 0 Å². The Morgan fingerprint density at radius 2 is 1.92 bits per heavy atom. The van der Waals surface area contributed by atoms with Gasteiger partial charge in [0.2, 0.25) is 0 Å². The van der Waals surface area contributed by atoms with Gasteiger partial charge in [0.05, 0.1) is 11.5 Å². The first kappa shape index (κ1) is 9.03. The zero-order valence-corrected chi connectivity index (χ0v) is 8.53. The second-order valence-electron chi connectivity index (χ2n) is 3.27. The Morgan fingerprint density at radius 1 is 1.23 bits per heavy atom. The first-order valence-electron chi connectivity index (χ1n) is 3.98. The molecule has 0 aliphatic carbocycles. The number of fused-ring (bicyclic) bond motifs is 1. The molecule has 2 rings (SSSR count). The van der Waals surface area contributed by atoms with Crippen molar-refractivity contribution in [1.82, 2.24) is 0 Å². The number of alkyl halides is 1. The van der Waals surface area contributed by atoms with E-state index >= 15 is 0 Å². The van der Waals surface area contributed by atoms with Crippen LogP contribution in [-0.2, 0) is 27.2 Å². The van der Waals surface area contributed by atoms with E-state index in [1.54, 1.807) is 0 Å². The van der Waals surface area contributed by atoms with E-state index in [0.717, 1.165) is 16.7 Å². The van der Waals surface area contributed by atoms with Gasteiger partial charge in [0, 0.05) is 5.88 Å². The summed E-state index contributed by atoms with van der Waals surface area (Å²) in [7, 11) is -2.87. The molecule has 1 aliphatic rings. The predicted molar refractivity (Wildman–Crippen MR) is 52.3 cm³/mol. The first-order chi connectivity index (χ1) is 6.11. The van der Waals surface area contributed by atoms with Crippen molar-refractivity contribution in [3.8, 4) is 0 Å². The van der Waals surface area contributed by atoms with Gasteiger partial charge >= 0.3 is 0 Å². The largest absolute Gasteiger partial charge is 0.228 e. The smallest absolute Gasteiger partial charge is 0.158 e. The highest BCUT2D eigenvalue weighted by atomic mass is 35.5. The number of hydrogen-bond donors (Lipinski definition) is 0. The molecule has 0 amide bonds. The molecule has 0 unspecified atom stereocenters. The second-order valence-corrected chi connectivity index (χ2v) is 5.60. The minimum absolute atomic E-state index is 0.174. The fraction of sp³-hybridized carbons (Fsp3) is 0.333. The third-order valence-corrected chi connectivity index (χ3v) is 3.99. The van der Waals surface area contributed by atoms with E-state index in [-0.39, 0.29) is 11.5 Å². The summed E-state index contributed by atoms with van der Waals surface area (Å²) in [6.45, 7) is 0. The highest BCUT2D eigenvalue weighted by Crippen LogP contribution is 2.26. The molecule has 1 aromatic rings. The monoisotopic (exact) mass is 216 g/mol. The van der Waals surface area contributed by atoms with Crippen LogP contribution in [0.25, 0.3) is 0 Å². The van der Waals surface area contributed by atoms with Crippen LogP contribution in [0.3, 0.4) is 0 Å². The van der Waals surface area contributed by atoms with Gasteiger partial charge in [-0.05, 0) is 16.7 Å². The molecule has 0 atom stereocenters. The third-order valence-electron chi connectivity index (χ3n) is 2.18. The lowest BCUT2D eigenvalue weighted by atomic mass is 10.1. The van der Waals surface area contributed by atoms with Crippen molar-refractivity contribution in [1.29, 1.82) is 0 Å². The van der Waals surface area contributed by atoms with Crippen molar-refractivity contribution in [3.05, 3.63) is 34.9 Å². The van der Waals surface area contributed by atoms with Gasteiger partial charge in [0.15, 0.2) is 9.84 Å². The molecule has 0 saturated carbocycles. The molecule has 0 radical (unpaired) electrons. The van der Waals surface area contributed by atoms with Crippen LogP contribution in [0, 0.1) is 0 Å². The number of halogens is 1. The Bertz CT molecular complexity index is 437. The normalized spacial score (nSPS) is 18.5. The van der Waals surface area contributed by atoms with Crippen molar-refractivity contribution in [2.45, 2.75) is 17.4 Å². The van der Waals surface area contributed by atoms with E-state index in [1.165, 1.54) is 0 Å². The SMILES string of the molecule is O=S1(=O)Cc2ccc(CCl)cc2C1. The second kappa shape index (κ2) is 3.00. The van der Waals surface area contributed by atoms with Gasteiger partial charge < -0.3 is 0 Å². The standard InChI is InChI=1S/C9H9ClO2S/c10-4-7-1-2-8-5-13(11,12)6-9(8)3-7/h1-3H,4-6H2. The van der Waals surface area contributed by atoms with E-state index in [1.807, 2.05) is 18.2 Å². The number of sulfone groups is 1. The Kier molecular flexibility index (Phi) is 2.08. The molecule has 1 heterocycles. The molecule has 0 aromatic heterocycles. The zero-order chi connectivity index (χ0) is 9.47. The molecule has 1 aliphatic heterocycles. The molecular weight excluding hydrogens is 208 g/mol. The lowest BCUT2D eigenvalue weighted by Crippen LogP contribution is -1.95. The van der Waals surface area contributed by atoms with Gasteiger partial charge in [0.25, 0.3) is 0 Å². The summed E-state index contributed by atoms with van der Waals surface area (Å²) in [6.07, 6.45) is 0. The molecule has 0 spiro atoms. The first-order valence-corrected chi connectivity index (χ1v) is 6.33. The maximum absolute atomic E-state index is 11.3. The summed E-state index contributed by atoms with van der Waals surface area (Å²) in [6, 6.07) is 5.62. The van der Waals surface area contributed by atoms with Crippen LogP contribution in [0.4, 0.5) is 0 Å². The molecule has 2 nitrogen and oxygen atoms in total. The lowest BCUT2D eigenvalue weighted by molar-refractivity contribution is 0.598. The molecular formula is C9H9ClO2S. The van der Waals surface area contributed by atoms with Crippen molar-refractivity contribution >= 4 is 21.4 Å². The minimum Gasteiger partial charge on any atom is -0.228 e. The summed E-state index contributed by atoms with van der Waals surface area (Å²) in [5.41, 5.74) is 2.82. The summed E-state index contributed by atoms with van der Waals surface area (Å²) in [5.74, 6) is 0.797. The van der Waals surface area contributed by atoms with Gasteiger partial charge in [0.1, 0.15) is 0 Å². The Balaban J connectivity index is 2.47. The molecule has 0 fully saturated rings. The lowest BCUT2D eigenvalue weighted by Gasteiger charge is -1.98. The van der Waals surface area contributed by atoms with Crippen LogP contribution in [0.5, 0.6) is 0 Å². The van der Waals surface area contributed by atoms with Crippen LogP contribution < -0.4 is 0 Å². The minimum atomic E-state index is -2.87. The van der Waals surface area contributed by atoms with Crippen molar-refractivity contribution in [3.63, 3.8) is 0 Å². The number of hydrogen-bond acceptors (Lipinski definition) is 2. The average Bonchev–Trinajstić information content (AvgIpc) is 2.36. The molecule has 0 saturated heterocycles. The van der Waals surface area contributed by atoms with Crippen molar-refractivity contribution < 1.29 is 8.42 Å². The maximum Gasteiger partial charge on any atom is 0.158 e. The molecule has 70 valence electrons. The number of rotatable bonds is 1. The van der Waals surface area contributed by atoms with Gasteiger partial charge in [-0.1, -0.05) is 18.2 Å². The summed E-state index contributed by atoms with van der Waals surface area (Å²) >= 11 is 5.65. The van der Waals surface area contributed by atoms with Crippen LogP contribution >= 0.6 is 11.6 Å². The molecule has 0 N–H and O–H groups in total. The van der Waals surface area contributed by atoms with E-state index < -0.39 is 9.84 Å². The van der Waals surface area contributed by atoms with Gasteiger partial charge in [-0.15, -0.1) is 11.6 Å². The van der Waals surface area contributed by atoms with Crippen LogP contribution in [0.15, 0.2) is 18.2 Å². The quantitative estimate of drug-likeness (QED) is 0.672. The fourth-order valence-corrected chi connectivity index (χ4v) is 3.33. The Morgan fingerprint density at radius 3 is 2.62 bits per heavy atom. The maximum atomic E-state index is 11.3. The topological polar surface area (TPSA) is 34.1 Å². The summed E-state index contributed by atoms with van der Waals surface area (Å²) in [5, 5.41) is 0. The molecule has 1 aromatic carbocycles. The fourth-order valence-electron chi connectivity index (χ4n) is 1.56. The van der Waals surface area contributed by atoms with Crippen LogP contribution in [0.1, 0.15) is 16.7 Å². The molecule has 13 heavy (non-hydrogen) atoms. The molecule has 0 bridgehead atoms. The van der Waals surface area contributed by atoms with Crippen LogP contribution in [0.2, 0.25) is 0 Å². The zero-order valence-electron chi connectivity index (χ0n) is 6.96. The predicted octanol–water partition coefficient (Wildman–Crippen LogP) is 1.85. The van der Waals surface area contributed by atoms with Crippen LogP contribution in [-0.4, -0.2) is 8.42 Å². The Hall–Kier alpha value is -0.540. The summed E-state index contributed by atoms with van der Waals surface area (Å²) < 4.78 is 22.5. The van der Waals surface area contributed by atoms with Gasteiger partial charge in [-0.2, -0.15) is 0 Å². The van der Waals surface area contributed by atoms with Crippen molar-refractivity contribution in [2.24, 2.45) is 0 Å². The van der Waals surface area contributed by atoms with E-state index in [9.17, 15) is 8.42 Å².